The molecule has 0 spiro atoms. The maximum atomic E-state index is 11.1. The van der Waals surface area contributed by atoms with E-state index >= 15 is 0 Å². The van der Waals surface area contributed by atoms with Crippen LogP contribution in [-0.4, -0.2) is 11.9 Å². The minimum absolute atomic E-state index is 0.0579. The topological polar surface area (TPSA) is 29.1 Å². The van der Waals surface area contributed by atoms with Crippen LogP contribution in [-0.2, 0) is 4.79 Å². The van der Waals surface area contributed by atoms with Crippen LogP contribution in [0.4, 0.5) is 0 Å². The van der Waals surface area contributed by atoms with Gasteiger partial charge in [0, 0.05) is 12.0 Å². The van der Waals surface area contributed by atoms with Crippen LogP contribution in [0.5, 0.6) is 0 Å². The van der Waals surface area contributed by atoms with Crippen molar-refractivity contribution in [2.24, 2.45) is 5.92 Å². The van der Waals surface area contributed by atoms with E-state index in [9.17, 15) is 4.79 Å². The summed E-state index contributed by atoms with van der Waals surface area (Å²) in [5.41, 5.74) is 0. The zero-order chi connectivity index (χ0) is 7.14. The molecule has 0 radical (unpaired) electrons. The molecule has 2 heterocycles. The summed E-state index contributed by atoms with van der Waals surface area (Å²) in [5, 5.41) is 1.19. The molecule has 2 heteroatoms. The summed E-state index contributed by atoms with van der Waals surface area (Å²) < 4.78 is 7.35. The van der Waals surface area contributed by atoms with Gasteiger partial charge < -0.3 is 5.31 Å². The SMILES string of the molecule is [2H]N1C(=O)C2CCC1CC2. The monoisotopic (exact) mass is 126 g/mol. The van der Waals surface area contributed by atoms with Gasteiger partial charge in [0.2, 0.25) is 5.91 Å². The lowest BCUT2D eigenvalue weighted by atomic mass is 9.81. The van der Waals surface area contributed by atoms with Gasteiger partial charge in [-0.2, -0.15) is 0 Å². The molecule has 1 aliphatic carbocycles. The number of rotatable bonds is 0. The molecule has 1 amide bonds. The Kier molecular flexibility index (Phi) is 0.826. The third-order valence-corrected chi connectivity index (χ3v) is 2.36. The molecule has 2 nitrogen and oxygen atoms in total. The molecule has 3 rings (SSSR count). The molecule has 9 heavy (non-hydrogen) atoms. The van der Waals surface area contributed by atoms with Crippen molar-refractivity contribution in [2.45, 2.75) is 31.7 Å². The molecule has 2 bridgehead atoms. The van der Waals surface area contributed by atoms with E-state index in [1.807, 2.05) is 0 Å². The highest BCUT2D eigenvalue weighted by molar-refractivity contribution is 5.80. The fourth-order valence-electron chi connectivity index (χ4n) is 1.74. The number of hydrogen-bond acceptors (Lipinski definition) is 1. The second kappa shape index (κ2) is 1.72. The quantitative estimate of drug-likeness (QED) is 0.508. The van der Waals surface area contributed by atoms with Crippen molar-refractivity contribution in [2.75, 3.05) is 0 Å². The van der Waals surface area contributed by atoms with Crippen LogP contribution in [0, 0.1) is 5.92 Å². The molecular weight excluding hydrogens is 114 g/mol. The fourth-order valence-corrected chi connectivity index (χ4v) is 1.74. The van der Waals surface area contributed by atoms with Gasteiger partial charge in [-0.3, -0.25) is 4.79 Å². The third-order valence-electron chi connectivity index (χ3n) is 2.36. The summed E-state index contributed by atoms with van der Waals surface area (Å²) in [6.07, 6.45) is 4.16. The van der Waals surface area contributed by atoms with Crippen molar-refractivity contribution in [3.8, 4) is 0 Å². The Bertz CT molecular complexity index is 159. The van der Waals surface area contributed by atoms with E-state index in [1.54, 1.807) is 0 Å². The first-order valence-corrected chi connectivity index (χ1v) is 3.61. The van der Waals surface area contributed by atoms with Gasteiger partial charge in [0.05, 0.1) is 0 Å². The highest BCUT2D eigenvalue weighted by Gasteiger charge is 2.32. The summed E-state index contributed by atoms with van der Waals surface area (Å²) in [6.45, 7) is 0. The Morgan fingerprint density at radius 3 is 2.44 bits per heavy atom. The van der Waals surface area contributed by atoms with Crippen LogP contribution < -0.4 is 5.31 Å². The lowest BCUT2D eigenvalue weighted by Crippen LogP contribution is -2.48. The van der Waals surface area contributed by atoms with Gasteiger partial charge in [0.25, 0.3) is 0 Å². The molecule has 1 saturated carbocycles. The predicted octanol–water partition coefficient (Wildman–Crippen LogP) is 0.675. The number of piperidine rings is 2. The predicted molar refractivity (Wildman–Crippen MR) is 33.9 cm³/mol. The molecule has 0 aromatic heterocycles. The number of amides is 1. The van der Waals surface area contributed by atoms with Gasteiger partial charge in [-0.15, -0.1) is 0 Å². The maximum absolute atomic E-state index is 11.1. The van der Waals surface area contributed by atoms with Gasteiger partial charge in [0.1, 0.15) is 0 Å². The van der Waals surface area contributed by atoms with Gasteiger partial charge in [0.15, 0.2) is 1.41 Å². The van der Waals surface area contributed by atoms with Gasteiger partial charge >= 0.3 is 0 Å². The van der Waals surface area contributed by atoms with Crippen molar-refractivity contribution in [3.05, 3.63) is 0 Å². The molecule has 3 fully saturated rings. The first-order chi connectivity index (χ1) is 4.79. The Labute approximate surface area is 56.1 Å². The molecule has 0 unspecified atom stereocenters. The number of fused-ring (bicyclic) bond motifs is 3. The van der Waals surface area contributed by atoms with E-state index < -0.39 is 0 Å². The molecular formula is C7H11NO. The molecule has 3 aliphatic rings. The Balaban J connectivity index is 2.20. The first kappa shape index (κ1) is 4.31. The summed E-state index contributed by atoms with van der Waals surface area (Å²) in [7, 11) is 0. The van der Waals surface area contributed by atoms with Crippen molar-refractivity contribution < 1.29 is 6.21 Å². The van der Waals surface area contributed by atoms with Gasteiger partial charge in [-0.25, -0.2) is 0 Å². The lowest BCUT2D eigenvalue weighted by Gasteiger charge is -2.35. The minimum atomic E-state index is 0.0579. The van der Waals surface area contributed by atoms with E-state index in [1.165, 1.54) is 5.31 Å². The molecule has 2 aliphatic heterocycles. The van der Waals surface area contributed by atoms with E-state index in [0.29, 0.717) is 0 Å². The molecule has 0 aromatic rings. The van der Waals surface area contributed by atoms with Crippen molar-refractivity contribution in [3.63, 3.8) is 0 Å². The molecule has 0 atom stereocenters. The normalized spacial score (nSPS) is 43.3. The summed E-state index contributed by atoms with van der Waals surface area (Å²) in [5.74, 6) is 0.255. The van der Waals surface area contributed by atoms with Crippen LogP contribution in [0.3, 0.4) is 0 Å². The van der Waals surface area contributed by atoms with E-state index in [0.717, 1.165) is 25.7 Å². The second-order valence-corrected chi connectivity index (χ2v) is 2.97. The first-order valence-electron chi connectivity index (χ1n) is 4.05. The average molecular weight is 126 g/mol. The highest BCUT2D eigenvalue weighted by atomic mass is 16.2. The largest absolute Gasteiger partial charge is 0.353 e. The summed E-state index contributed by atoms with van der Waals surface area (Å²) in [6, 6.07) is 0.248. The summed E-state index contributed by atoms with van der Waals surface area (Å²) in [4.78, 5) is 11.1. The van der Waals surface area contributed by atoms with Crippen molar-refractivity contribution in [1.82, 2.24) is 5.31 Å². The zero-order valence-electron chi connectivity index (χ0n) is 6.34. The van der Waals surface area contributed by atoms with Crippen LogP contribution >= 0.6 is 0 Å². The van der Waals surface area contributed by atoms with E-state index in [-0.39, 0.29) is 17.9 Å². The molecule has 1 N–H and O–H groups in total. The van der Waals surface area contributed by atoms with Crippen LogP contribution in [0.25, 0.3) is 0 Å². The summed E-state index contributed by atoms with van der Waals surface area (Å²) >= 11 is 0. The van der Waals surface area contributed by atoms with Crippen molar-refractivity contribution >= 4 is 5.91 Å². The Hall–Kier alpha value is -0.530. The Morgan fingerprint density at radius 2 is 2.11 bits per heavy atom. The van der Waals surface area contributed by atoms with Gasteiger partial charge in [-0.05, 0) is 25.7 Å². The lowest BCUT2D eigenvalue weighted by molar-refractivity contribution is -0.130. The maximum Gasteiger partial charge on any atom is 0.223 e. The van der Waals surface area contributed by atoms with Crippen molar-refractivity contribution in [1.29, 1.82) is 0 Å². The standard InChI is InChI=1S/C7H11NO/c9-7-5-1-3-6(8-7)4-2-5/h5-6H,1-4H2,(H,8,9)/i/hD. The van der Waals surface area contributed by atoms with Crippen LogP contribution in [0.15, 0.2) is 0 Å². The number of nitrogens with one attached hydrogen (secondary N) is 1. The number of hydrogen-bond donors (Lipinski definition) is 1. The minimum Gasteiger partial charge on any atom is -0.353 e. The molecule has 2 saturated heterocycles. The van der Waals surface area contributed by atoms with Crippen LogP contribution in [0.2, 0.25) is 1.41 Å². The number of carbonyl (C=O) groups is 1. The van der Waals surface area contributed by atoms with Gasteiger partial charge in [-0.1, -0.05) is 0 Å². The Morgan fingerprint density at radius 1 is 1.44 bits per heavy atom. The number of carbonyl (C=O) groups excluding carboxylic acids is 1. The molecule has 0 aromatic carbocycles. The highest BCUT2D eigenvalue weighted by Crippen LogP contribution is 2.29. The van der Waals surface area contributed by atoms with E-state index in [4.69, 9.17) is 1.41 Å². The third kappa shape index (κ3) is 0.732. The van der Waals surface area contributed by atoms with Crippen LogP contribution in [0.1, 0.15) is 25.7 Å². The fraction of sp³-hybridized carbons (Fsp3) is 0.857. The second-order valence-electron chi connectivity index (χ2n) is 2.97. The smallest absolute Gasteiger partial charge is 0.223 e. The zero-order valence-corrected chi connectivity index (χ0v) is 5.34. The van der Waals surface area contributed by atoms with E-state index in [2.05, 4.69) is 0 Å². The molecule has 50 valence electrons. The average Bonchev–Trinajstić information content (AvgIpc) is 2.00.